The van der Waals surface area contributed by atoms with E-state index in [0.29, 0.717) is 23.6 Å². The summed E-state index contributed by atoms with van der Waals surface area (Å²) in [6.07, 6.45) is 3.27. The van der Waals surface area contributed by atoms with Crippen LogP contribution in [0.2, 0.25) is 0 Å². The van der Waals surface area contributed by atoms with Crippen molar-refractivity contribution in [1.82, 2.24) is 14.8 Å². The molecule has 2 rings (SSSR count). The van der Waals surface area contributed by atoms with Gasteiger partial charge < -0.3 is 15.8 Å². The molecule has 0 atom stereocenters. The Morgan fingerprint density at radius 1 is 1.50 bits per heavy atom. The second-order valence-corrected chi connectivity index (χ2v) is 4.39. The molecule has 0 amide bonds. The van der Waals surface area contributed by atoms with Gasteiger partial charge in [-0.3, -0.25) is 4.68 Å². The summed E-state index contributed by atoms with van der Waals surface area (Å²) in [5.74, 6) is -0.0375. The average molecular weight is 275 g/mol. The van der Waals surface area contributed by atoms with E-state index in [2.05, 4.69) is 15.4 Å². The summed E-state index contributed by atoms with van der Waals surface area (Å²) in [5, 5.41) is 7.27. The SMILES string of the molecule is COC(=O)c1cc(N)cnc1NCc1cnn(C)c1C. The van der Waals surface area contributed by atoms with Gasteiger partial charge in [-0.05, 0) is 13.0 Å². The Kier molecular flexibility index (Phi) is 3.88. The number of rotatable bonds is 4. The van der Waals surface area contributed by atoms with E-state index in [9.17, 15) is 4.79 Å². The molecule has 0 saturated carbocycles. The molecule has 0 aromatic carbocycles. The highest BCUT2D eigenvalue weighted by Gasteiger charge is 2.14. The normalized spacial score (nSPS) is 10.3. The molecule has 0 saturated heterocycles. The number of nitrogens with two attached hydrogens (primary N) is 1. The minimum absolute atomic E-state index is 0.314. The minimum Gasteiger partial charge on any atom is -0.465 e. The van der Waals surface area contributed by atoms with Gasteiger partial charge in [0.15, 0.2) is 0 Å². The molecule has 3 N–H and O–H groups in total. The summed E-state index contributed by atoms with van der Waals surface area (Å²) >= 11 is 0. The van der Waals surface area contributed by atoms with E-state index in [0.717, 1.165) is 11.3 Å². The Hall–Kier alpha value is -2.57. The number of aryl methyl sites for hydroxylation is 1. The number of hydrogen-bond donors (Lipinski definition) is 2. The Labute approximate surface area is 116 Å². The topological polar surface area (TPSA) is 95.1 Å². The van der Waals surface area contributed by atoms with Gasteiger partial charge in [0.05, 0.1) is 25.2 Å². The maximum atomic E-state index is 11.7. The van der Waals surface area contributed by atoms with Crippen LogP contribution in [0.3, 0.4) is 0 Å². The van der Waals surface area contributed by atoms with Gasteiger partial charge in [0.2, 0.25) is 0 Å². The summed E-state index contributed by atoms with van der Waals surface area (Å²) in [5.41, 5.74) is 8.45. The van der Waals surface area contributed by atoms with Crippen molar-refractivity contribution < 1.29 is 9.53 Å². The summed E-state index contributed by atoms with van der Waals surface area (Å²) in [7, 11) is 3.20. The van der Waals surface area contributed by atoms with Crippen LogP contribution in [0.5, 0.6) is 0 Å². The van der Waals surface area contributed by atoms with Gasteiger partial charge >= 0.3 is 5.97 Å². The molecule has 0 bridgehead atoms. The number of carbonyl (C=O) groups is 1. The summed E-state index contributed by atoms with van der Waals surface area (Å²) in [6, 6.07) is 1.54. The van der Waals surface area contributed by atoms with Crippen LogP contribution >= 0.6 is 0 Å². The van der Waals surface area contributed by atoms with Crippen molar-refractivity contribution in [2.24, 2.45) is 7.05 Å². The molecule has 0 aliphatic heterocycles. The smallest absolute Gasteiger partial charge is 0.341 e. The molecule has 7 nitrogen and oxygen atoms in total. The Bertz CT molecular complexity index is 636. The number of nitrogens with one attached hydrogen (secondary N) is 1. The van der Waals surface area contributed by atoms with Gasteiger partial charge in [0, 0.05) is 24.8 Å². The monoisotopic (exact) mass is 275 g/mol. The summed E-state index contributed by atoms with van der Waals surface area (Å²) in [4.78, 5) is 15.8. The lowest BCUT2D eigenvalue weighted by molar-refractivity contribution is 0.0601. The molecule has 0 fully saturated rings. The number of hydrogen-bond acceptors (Lipinski definition) is 6. The van der Waals surface area contributed by atoms with E-state index < -0.39 is 5.97 Å². The van der Waals surface area contributed by atoms with Gasteiger partial charge in [-0.2, -0.15) is 5.10 Å². The zero-order chi connectivity index (χ0) is 14.7. The van der Waals surface area contributed by atoms with Crippen molar-refractivity contribution in [3.05, 3.63) is 35.3 Å². The van der Waals surface area contributed by atoms with E-state index in [-0.39, 0.29) is 0 Å². The van der Waals surface area contributed by atoms with Crippen molar-refractivity contribution in [2.75, 3.05) is 18.2 Å². The fourth-order valence-electron chi connectivity index (χ4n) is 1.78. The molecule has 2 aromatic heterocycles. The number of ether oxygens (including phenoxy) is 1. The quantitative estimate of drug-likeness (QED) is 0.811. The highest BCUT2D eigenvalue weighted by atomic mass is 16.5. The number of anilines is 2. The van der Waals surface area contributed by atoms with Gasteiger partial charge in [-0.25, -0.2) is 9.78 Å². The highest BCUT2D eigenvalue weighted by Crippen LogP contribution is 2.18. The number of methoxy groups -OCH3 is 1. The minimum atomic E-state index is -0.477. The first-order valence-corrected chi connectivity index (χ1v) is 6.08. The van der Waals surface area contributed by atoms with Gasteiger partial charge in [-0.15, -0.1) is 0 Å². The van der Waals surface area contributed by atoms with E-state index in [1.165, 1.54) is 19.4 Å². The van der Waals surface area contributed by atoms with E-state index in [1.807, 2.05) is 14.0 Å². The van der Waals surface area contributed by atoms with Crippen LogP contribution in [0, 0.1) is 6.92 Å². The Balaban J connectivity index is 2.21. The lowest BCUT2D eigenvalue weighted by Gasteiger charge is -2.10. The van der Waals surface area contributed by atoms with Crippen LogP contribution in [-0.2, 0) is 18.3 Å². The van der Waals surface area contributed by atoms with Crippen molar-refractivity contribution in [2.45, 2.75) is 13.5 Å². The molecule has 0 radical (unpaired) electrons. The molecule has 20 heavy (non-hydrogen) atoms. The molecular formula is C13H17N5O2. The predicted molar refractivity (Wildman–Crippen MR) is 75.3 cm³/mol. The lowest BCUT2D eigenvalue weighted by Crippen LogP contribution is -2.11. The molecule has 106 valence electrons. The maximum absolute atomic E-state index is 11.7. The third-order valence-corrected chi connectivity index (χ3v) is 3.10. The number of carbonyl (C=O) groups excluding carboxylic acids is 1. The largest absolute Gasteiger partial charge is 0.465 e. The second-order valence-electron chi connectivity index (χ2n) is 4.39. The molecule has 0 spiro atoms. The molecule has 2 aromatic rings. The molecule has 2 heterocycles. The van der Waals surface area contributed by atoms with Crippen LogP contribution in [-0.4, -0.2) is 27.8 Å². The van der Waals surface area contributed by atoms with Crippen molar-refractivity contribution in [1.29, 1.82) is 0 Å². The Morgan fingerprint density at radius 3 is 2.85 bits per heavy atom. The molecule has 7 heteroatoms. The fourth-order valence-corrected chi connectivity index (χ4v) is 1.78. The standard InChI is InChI=1S/C13H17N5O2/c1-8-9(6-17-18(8)2)5-15-12-11(13(19)20-3)4-10(14)7-16-12/h4,6-7H,5,14H2,1-3H3,(H,15,16). The first-order chi connectivity index (χ1) is 9.52. The van der Waals surface area contributed by atoms with Crippen molar-refractivity contribution in [3.8, 4) is 0 Å². The van der Waals surface area contributed by atoms with E-state index in [1.54, 1.807) is 10.9 Å². The highest BCUT2D eigenvalue weighted by molar-refractivity contribution is 5.95. The predicted octanol–water partition coefficient (Wildman–Crippen LogP) is 1.10. The first-order valence-electron chi connectivity index (χ1n) is 6.08. The van der Waals surface area contributed by atoms with Crippen LogP contribution in [0.25, 0.3) is 0 Å². The molecular weight excluding hydrogens is 258 g/mol. The van der Waals surface area contributed by atoms with Crippen molar-refractivity contribution >= 4 is 17.5 Å². The number of nitrogens with zero attached hydrogens (tertiary/aromatic N) is 3. The average Bonchev–Trinajstić information content (AvgIpc) is 2.76. The molecule has 0 aliphatic rings. The molecule has 0 aliphatic carbocycles. The fraction of sp³-hybridized carbons (Fsp3) is 0.308. The number of esters is 1. The third kappa shape index (κ3) is 2.71. The summed E-state index contributed by atoms with van der Waals surface area (Å²) < 4.78 is 6.51. The first kappa shape index (κ1) is 13.9. The van der Waals surface area contributed by atoms with Gasteiger partial charge in [0.1, 0.15) is 11.4 Å². The second kappa shape index (κ2) is 5.60. The van der Waals surface area contributed by atoms with Crippen LogP contribution in [0.4, 0.5) is 11.5 Å². The number of nitrogen functional groups attached to an aromatic ring is 1. The number of pyridine rings is 1. The van der Waals surface area contributed by atoms with Crippen LogP contribution in [0.1, 0.15) is 21.6 Å². The maximum Gasteiger partial charge on any atom is 0.341 e. The van der Waals surface area contributed by atoms with Crippen LogP contribution < -0.4 is 11.1 Å². The van der Waals surface area contributed by atoms with E-state index in [4.69, 9.17) is 10.5 Å². The zero-order valence-corrected chi connectivity index (χ0v) is 11.7. The van der Waals surface area contributed by atoms with Crippen molar-refractivity contribution in [3.63, 3.8) is 0 Å². The Morgan fingerprint density at radius 2 is 2.25 bits per heavy atom. The third-order valence-electron chi connectivity index (χ3n) is 3.10. The van der Waals surface area contributed by atoms with E-state index >= 15 is 0 Å². The lowest BCUT2D eigenvalue weighted by atomic mass is 10.2. The zero-order valence-electron chi connectivity index (χ0n) is 11.7. The van der Waals surface area contributed by atoms with Crippen LogP contribution in [0.15, 0.2) is 18.5 Å². The van der Waals surface area contributed by atoms with Gasteiger partial charge in [0.25, 0.3) is 0 Å². The number of aromatic nitrogens is 3. The van der Waals surface area contributed by atoms with Gasteiger partial charge in [-0.1, -0.05) is 0 Å². The summed E-state index contributed by atoms with van der Waals surface area (Å²) in [6.45, 7) is 2.49. The molecule has 0 unspecified atom stereocenters.